The van der Waals surface area contributed by atoms with Crippen LogP contribution in [0.2, 0.25) is 10.0 Å². The van der Waals surface area contributed by atoms with Crippen LogP contribution in [-0.2, 0) is 4.79 Å². The number of amides is 1. The Morgan fingerprint density at radius 2 is 2.04 bits per heavy atom. The number of carbonyl (C=O) groups excluding carboxylic acids is 1. The highest BCUT2D eigenvalue weighted by atomic mass is 35.5. The average molecular weight is 375 g/mol. The zero-order valence-corrected chi connectivity index (χ0v) is 14.5. The average Bonchev–Trinajstić information content (AvgIpc) is 2.76. The van der Waals surface area contributed by atoms with Gasteiger partial charge in [-0.25, -0.2) is 0 Å². The Labute approximate surface area is 153 Å². The summed E-state index contributed by atoms with van der Waals surface area (Å²) < 4.78 is 0. The van der Waals surface area contributed by atoms with Crippen LogP contribution in [0, 0.1) is 16.7 Å². The van der Waals surface area contributed by atoms with E-state index in [-0.39, 0.29) is 27.8 Å². The molecule has 25 heavy (non-hydrogen) atoms. The molecule has 1 aromatic carbocycles. The van der Waals surface area contributed by atoms with Gasteiger partial charge in [-0.15, -0.1) is 0 Å². The van der Waals surface area contributed by atoms with E-state index in [0.29, 0.717) is 16.3 Å². The van der Waals surface area contributed by atoms with E-state index < -0.39 is 11.4 Å². The van der Waals surface area contributed by atoms with E-state index in [2.05, 4.69) is 0 Å². The third kappa shape index (κ3) is 2.32. The van der Waals surface area contributed by atoms with Crippen molar-refractivity contribution in [1.29, 1.82) is 10.7 Å². The number of fused-ring (bicyclic) bond motifs is 1. The molecule has 3 rings (SSSR count). The van der Waals surface area contributed by atoms with Gasteiger partial charge in [-0.3, -0.25) is 10.2 Å². The number of aliphatic hydroxyl groups excluding tert-OH is 1. The third-order valence-corrected chi connectivity index (χ3v) is 5.09. The van der Waals surface area contributed by atoms with Crippen molar-refractivity contribution in [2.24, 2.45) is 5.73 Å². The fraction of sp³-hybridized carbons (Fsp3) is 0.118. The number of rotatable bonds is 2. The summed E-state index contributed by atoms with van der Waals surface area (Å²) in [6, 6.07) is 6.69. The molecule has 1 amide bonds. The molecule has 8 heteroatoms. The van der Waals surface area contributed by atoms with Crippen LogP contribution in [0.4, 0.5) is 5.69 Å². The third-order valence-electron chi connectivity index (χ3n) is 4.35. The van der Waals surface area contributed by atoms with E-state index in [1.165, 1.54) is 17.1 Å². The van der Waals surface area contributed by atoms with Gasteiger partial charge >= 0.3 is 0 Å². The van der Waals surface area contributed by atoms with E-state index in [1.807, 2.05) is 6.07 Å². The van der Waals surface area contributed by atoms with Crippen molar-refractivity contribution >= 4 is 40.6 Å². The predicted molar refractivity (Wildman–Crippen MR) is 95.7 cm³/mol. The van der Waals surface area contributed by atoms with Crippen LogP contribution in [0.3, 0.4) is 0 Å². The van der Waals surface area contributed by atoms with Gasteiger partial charge in [-0.05, 0) is 37.3 Å². The van der Waals surface area contributed by atoms with Crippen molar-refractivity contribution in [1.82, 2.24) is 0 Å². The quantitative estimate of drug-likeness (QED) is 0.736. The molecule has 126 valence electrons. The summed E-state index contributed by atoms with van der Waals surface area (Å²) in [4.78, 5) is 13.5. The highest BCUT2D eigenvalue weighted by Gasteiger charge is 2.52. The number of hydrogen-bond donors (Lipinski definition) is 3. The number of anilines is 1. The fourth-order valence-corrected chi connectivity index (χ4v) is 3.51. The lowest BCUT2D eigenvalue weighted by Gasteiger charge is -2.40. The second-order valence-corrected chi connectivity index (χ2v) is 6.56. The number of allylic oxidation sites excluding steroid dienone is 1. The number of halogens is 2. The summed E-state index contributed by atoms with van der Waals surface area (Å²) in [7, 11) is 0. The van der Waals surface area contributed by atoms with Gasteiger partial charge in [0.25, 0.3) is 0 Å². The largest absolute Gasteiger partial charge is 0.508 e. The molecule has 0 saturated heterocycles. The number of benzene rings is 1. The first kappa shape index (κ1) is 17.1. The summed E-state index contributed by atoms with van der Waals surface area (Å²) in [5.74, 6) is -1.11. The molecular formula is C17H12Cl2N4O2. The number of nitriles is 1. The minimum Gasteiger partial charge on any atom is -0.508 e. The molecule has 6 nitrogen and oxygen atoms in total. The zero-order valence-electron chi connectivity index (χ0n) is 13.0. The van der Waals surface area contributed by atoms with Crippen molar-refractivity contribution in [2.75, 3.05) is 4.90 Å². The van der Waals surface area contributed by atoms with E-state index >= 15 is 0 Å². The summed E-state index contributed by atoms with van der Waals surface area (Å²) >= 11 is 12.0. The molecule has 0 fully saturated rings. The van der Waals surface area contributed by atoms with Crippen LogP contribution in [0.25, 0.3) is 0 Å². The number of amidine groups is 1. The van der Waals surface area contributed by atoms with E-state index in [0.717, 1.165) is 0 Å². The van der Waals surface area contributed by atoms with Gasteiger partial charge in [0.15, 0.2) is 0 Å². The lowest BCUT2D eigenvalue weighted by Crippen LogP contribution is -2.51. The Morgan fingerprint density at radius 1 is 1.36 bits per heavy atom. The fourth-order valence-electron chi connectivity index (χ4n) is 3.22. The Hall–Kier alpha value is -2.75. The van der Waals surface area contributed by atoms with Gasteiger partial charge in [0.1, 0.15) is 28.8 Å². The van der Waals surface area contributed by atoms with Gasteiger partial charge < -0.3 is 15.7 Å². The van der Waals surface area contributed by atoms with Crippen LogP contribution in [-0.4, -0.2) is 22.4 Å². The summed E-state index contributed by atoms with van der Waals surface area (Å²) in [6.07, 6.45) is 2.60. The molecule has 0 spiro atoms. The minimum atomic E-state index is -1.22. The van der Waals surface area contributed by atoms with Crippen molar-refractivity contribution < 1.29 is 9.90 Å². The number of carbonyl (C=O) groups is 1. The molecule has 1 aliphatic carbocycles. The van der Waals surface area contributed by atoms with Gasteiger partial charge in [-0.2, -0.15) is 5.26 Å². The number of nitrogens with two attached hydrogens (primary N) is 1. The van der Waals surface area contributed by atoms with Gasteiger partial charge in [0.05, 0.1) is 15.6 Å². The number of nitrogens with zero attached hydrogens (tertiary/aromatic N) is 2. The number of hydrogen-bond acceptors (Lipinski definition) is 4. The second kappa shape index (κ2) is 5.66. The van der Waals surface area contributed by atoms with Crippen LogP contribution in [0.1, 0.15) is 6.92 Å². The van der Waals surface area contributed by atoms with Crippen LogP contribution >= 0.6 is 23.2 Å². The van der Waals surface area contributed by atoms with Crippen molar-refractivity contribution in [2.45, 2.75) is 12.5 Å². The molecule has 0 bridgehead atoms. The van der Waals surface area contributed by atoms with Gasteiger partial charge in [0, 0.05) is 11.3 Å². The lowest BCUT2D eigenvalue weighted by atomic mass is 9.79. The topological polar surface area (TPSA) is 114 Å². The summed E-state index contributed by atoms with van der Waals surface area (Å²) in [5, 5.41) is 28.4. The predicted octanol–water partition coefficient (Wildman–Crippen LogP) is 3.24. The number of primary amides is 1. The Balaban J connectivity index is 2.31. The Morgan fingerprint density at radius 3 is 2.60 bits per heavy atom. The molecule has 0 aromatic heterocycles. The van der Waals surface area contributed by atoms with E-state index in [1.54, 1.807) is 25.1 Å². The Bertz CT molecular complexity index is 971. The lowest BCUT2D eigenvalue weighted by molar-refractivity contribution is -0.115. The molecule has 1 aromatic rings. The first-order valence-corrected chi connectivity index (χ1v) is 7.89. The maximum absolute atomic E-state index is 12.0. The molecule has 1 unspecified atom stereocenters. The maximum atomic E-state index is 12.0. The summed E-state index contributed by atoms with van der Waals surface area (Å²) in [5.41, 5.74) is 5.15. The van der Waals surface area contributed by atoms with Crippen molar-refractivity contribution in [3.63, 3.8) is 0 Å². The molecule has 1 atom stereocenters. The van der Waals surface area contributed by atoms with Crippen LogP contribution in [0.5, 0.6) is 0 Å². The highest BCUT2D eigenvalue weighted by Crippen LogP contribution is 2.47. The highest BCUT2D eigenvalue weighted by molar-refractivity contribution is 6.42. The second-order valence-electron chi connectivity index (χ2n) is 5.75. The smallest absolute Gasteiger partial charge is 0.247 e. The van der Waals surface area contributed by atoms with Crippen molar-refractivity contribution in [3.8, 4) is 6.07 Å². The number of aliphatic hydroxyl groups is 1. The molecule has 2 aliphatic rings. The minimum absolute atomic E-state index is 0.0342. The number of nitrogens with one attached hydrogen (secondary N) is 1. The van der Waals surface area contributed by atoms with Crippen molar-refractivity contribution in [3.05, 3.63) is 62.9 Å². The normalized spacial score (nSPS) is 22.3. The van der Waals surface area contributed by atoms with E-state index in [9.17, 15) is 15.2 Å². The SMILES string of the molecule is CC12C(C(N)=O)=CC(O)=CC1=C(C#N)C(=N)N2c1ccc(Cl)c(Cl)c1. The monoisotopic (exact) mass is 374 g/mol. The zero-order chi connectivity index (χ0) is 18.5. The Kier molecular flexibility index (Phi) is 3.87. The standard InChI is InChI=1S/C17H12Cl2N4O2/c1-17-11(5-9(24)6-12(17)16(22)25)10(7-20)15(21)23(17)8-2-3-13(18)14(19)4-8/h2-6,21,24H,1H3,(H2,22,25). The first-order chi connectivity index (χ1) is 11.7. The van der Waals surface area contributed by atoms with Crippen LogP contribution in [0.15, 0.2) is 52.8 Å². The molecule has 1 heterocycles. The van der Waals surface area contributed by atoms with Gasteiger partial charge in [-0.1, -0.05) is 23.2 Å². The van der Waals surface area contributed by atoms with Crippen LogP contribution < -0.4 is 10.6 Å². The molecule has 0 radical (unpaired) electrons. The molecule has 4 N–H and O–H groups in total. The molecule has 1 aliphatic heterocycles. The molecule has 0 saturated carbocycles. The van der Waals surface area contributed by atoms with Gasteiger partial charge in [0.2, 0.25) is 5.91 Å². The maximum Gasteiger partial charge on any atom is 0.247 e. The first-order valence-electron chi connectivity index (χ1n) is 7.13. The van der Waals surface area contributed by atoms with E-state index in [4.69, 9.17) is 34.3 Å². The summed E-state index contributed by atoms with van der Waals surface area (Å²) in [6.45, 7) is 1.66. The molecular weight excluding hydrogens is 363 g/mol.